The van der Waals surface area contributed by atoms with Crippen molar-refractivity contribution >= 4 is 21.8 Å². The number of aryl methyl sites for hydroxylation is 4. The minimum atomic E-state index is 0.457. The summed E-state index contributed by atoms with van der Waals surface area (Å²) in [5.74, 6) is 1.52. The topological polar surface area (TPSA) is 91.2 Å². The zero-order valence-electron chi connectivity index (χ0n) is 38.7. The first kappa shape index (κ1) is 42.4. The molecule has 0 amide bonds. The van der Waals surface area contributed by atoms with Gasteiger partial charge in [0.05, 0.1) is 40.0 Å². The van der Waals surface area contributed by atoms with Crippen LogP contribution in [0.3, 0.4) is 0 Å². The highest BCUT2D eigenvalue weighted by atomic mass is 15.0. The lowest BCUT2D eigenvalue weighted by Gasteiger charge is -2.22. The van der Waals surface area contributed by atoms with Crippen LogP contribution in [0.2, 0.25) is 0 Å². The fourth-order valence-corrected chi connectivity index (χ4v) is 9.86. The molecule has 0 bridgehead atoms. The van der Waals surface area contributed by atoms with Gasteiger partial charge in [-0.15, -0.1) is 0 Å². The minimum Gasteiger partial charge on any atom is -0.308 e. The maximum absolute atomic E-state index is 10.8. The monoisotopic (exact) mass is 884 g/mol. The quantitative estimate of drug-likeness (QED) is 0.152. The van der Waals surface area contributed by atoms with Crippen molar-refractivity contribution < 1.29 is 0 Å². The number of fused-ring (bicyclic) bond motifs is 3. The fraction of sp³-hybridized carbons (Fsp3) is 0.0635. The molecular weight excluding hydrogens is 841 g/mol. The van der Waals surface area contributed by atoms with E-state index in [9.17, 15) is 10.5 Å². The van der Waals surface area contributed by atoms with Gasteiger partial charge >= 0.3 is 0 Å². The number of hydrogen-bond donors (Lipinski definition) is 0. The fourth-order valence-electron chi connectivity index (χ4n) is 9.86. The van der Waals surface area contributed by atoms with Crippen LogP contribution in [-0.2, 0) is 0 Å². The lowest BCUT2D eigenvalue weighted by molar-refractivity contribution is 1.07. The largest absolute Gasteiger partial charge is 0.308 e. The van der Waals surface area contributed by atoms with Crippen molar-refractivity contribution in [3.05, 3.63) is 228 Å². The first-order chi connectivity index (χ1) is 33.8. The van der Waals surface area contributed by atoms with E-state index in [4.69, 9.17) is 15.0 Å². The van der Waals surface area contributed by atoms with Gasteiger partial charge in [0.25, 0.3) is 0 Å². The number of hydrogen-bond acceptors (Lipinski definition) is 5. The Morgan fingerprint density at radius 2 is 0.754 bits per heavy atom. The van der Waals surface area contributed by atoms with Crippen molar-refractivity contribution in [2.24, 2.45) is 0 Å². The summed E-state index contributed by atoms with van der Waals surface area (Å²) < 4.78 is 2.33. The van der Waals surface area contributed by atoms with Gasteiger partial charge in [0.15, 0.2) is 17.5 Å². The molecule has 0 aliphatic rings. The number of benzene rings is 9. The molecule has 326 valence electrons. The average molecular weight is 885 g/mol. The molecule has 11 aromatic rings. The van der Waals surface area contributed by atoms with E-state index >= 15 is 0 Å². The van der Waals surface area contributed by atoms with Gasteiger partial charge in [-0.05, 0) is 110 Å². The van der Waals surface area contributed by atoms with Gasteiger partial charge in [-0.2, -0.15) is 10.5 Å². The first-order valence-corrected chi connectivity index (χ1v) is 23.0. The zero-order chi connectivity index (χ0) is 47.2. The summed E-state index contributed by atoms with van der Waals surface area (Å²) in [5, 5.41) is 23.9. The second kappa shape index (κ2) is 17.5. The van der Waals surface area contributed by atoms with Crippen LogP contribution in [-0.4, -0.2) is 19.5 Å². The minimum absolute atomic E-state index is 0.457. The normalized spacial score (nSPS) is 11.2. The Hall–Kier alpha value is -9.23. The molecule has 6 nitrogen and oxygen atoms in total. The molecule has 0 saturated carbocycles. The van der Waals surface area contributed by atoms with Crippen molar-refractivity contribution in [3.63, 3.8) is 0 Å². The van der Waals surface area contributed by atoms with Crippen LogP contribution in [0.1, 0.15) is 33.4 Å². The van der Waals surface area contributed by atoms with Crippen LogP contribution in [0, 0.1) is 50.4 Å². The molecule has 2 heterocycles. The summed E-state index contributed by atoms with van der Waals surface area (Å²) in [6.07, 6.45) is 0. The number of rotatable bonds is 8. The molecule has 2 aromatic heterocycles. The van der Waals surface area contributed by atoms with E-state index in [2.05, 4.69) is 129 Å². The van der Waals surface area contributed by atoms with Crippen LogP contribution in [0.4, 0.5) is 0 Å². The number of aromatic nitrogens is 4. The predicted molar refractivity (Wildman–Crippen MR) is 281 cm³/mol. The van der Waals surface area contributed by atoms with E-state index in [-0.39, 0.29) is 0 Å². The molecule has 0 unspecified atom stereocenters. The summed E-state index contributed by atoms with van der Waals surface area (Å²) in [4.78, 5) is 15.4. The van der Waals surface area contributed by atoms with E-state index < -0.39 is 0 Å². The van der Waals surface area contributed by atoms with Crippen molar-refractivity contribution in [3.8, 4) is 96.5 Å². The maximum Gasteiger partial charge on any atom is 0.164 e. The molecule has 11 rings (SSSR count). The van der Waals surface area contributed by atoms with Gasteiger partial charge < -0.3 is 4.57 Å². The molecule has 0 aliphatic carbocycles. The van der Waals surface area contributed by atoms with Gasteiger partial charge in [-0.25, -0.2) is 15.0 Å². The molecule has 0 saturated heterocycles. The summed E-state index contributed by atoms with van der Waals surface area (Å²) >= 11 is 0. The highest BCUT2D eigenvalue weighted by Gasteiger charge is 2.26. The van der Waals surface area contributed by atoms with Crippen molar-refractivity contribution in [2.75, 3.05) is 0 Å². The SMILES string of the molecule is Cc1ccc(-c2ccc3c(c2)c2cc(-c4ccc(C)cc4C)ccc2n3-c2c(-c3ccccc3C#N)cc(-c3nc(-c4ccccc4)nc(-c4ccccc4)n3)cc2-c2ccccc2C#N)c(C)c1. The summed E-state index contributed by atoms with van der Waals surface area (Å²) in [6, 6.07) is 71.3. The Labute approximate surface area is 401 Å². The molecule has 0 fully saturated rings. The summed E-state index contributed by atoms with van der Waals surface area (Å²) in [5.41, 5.74) is 18.7. The van der Waals surface area contributed by atoms with E-state index in [0.717, 1.165) is 72.0 Å². The Morgan fingerprint density at radius 1 is 0.348 bits per heavy atom. The van der Waals surface area contributed by atoms with Crippen LogP contribution < -0.4 is 0 Å². The van der Waals surface area contributed by atoms with Gasteiger partial charge in [-0.3, -0.25) is 0 Å². The number of nitriles is 2. The smallest absolute Gasteiger partial charge is 0.164 e. The predicted octanol–water partition coefficient (Wildman–Crippen LogP) is 15.6. The second-order valence-corrected chi connectivity index (χ2v) is 17.7. The third-order valence-corrected chi connectivity index (χ3v) is 13.1. The van der Waals surface area contributed by atoms with Crippen LogP contribution >= 0.6 is 0 Å². The van der Waals surface area contributed by atoms with E-state index in [1.165, 1.54) is 33.4 Å². The van der Waals surface area contributed by atoms with Crippen LogP contribution in [0.5, 0.6) is 0 Å². The van der Waals surface area contributed by atoms with Crippen molar-refractivity contribution in [1.29, 1.82) is 10.5 Å². The molecule has 0 N–H and O–H groups in total. The Morgan fingerprint density at radius 3 is 1.17 bits per heavy atom. The van der Waals surface area contributed by atoms with Crippen molar-refractivity contribution in [1.82, 2.24) is 19.5 Å². The standard InChI is InChI=1S/C63H44N6/c1-39-23-27-50(41(3)31-39)45-25-29-58-54(33-45)55-34-46(51-28-24-40(2)32-42(51)4)26-30-59(55)69(58)60-56(52-21-13-11-19-47(52)37-64)35-49(36-57(60)53-22-14-12-20-48(53)38-65)63-67-61(43-15-7-5-8-16-43)66-62(68-63)44-17-9-6-10-18-44/h5-36H,1-4H3. The third kappa shape index (κ3) is 7.71. The first-order valence-electron chi connectivity index (χ1n) is 23.0. The highest BCUT2D eigenvalue weighted by Crippen LogP contribution is 2.46. The lowest BCUT2D eigenvalue weighted by Crippen LogP contribution is -2.05. The number of nitrogens with zero attached hydrogens (tertiary/aromatic N) is 6. The highest BCUT2D eigenvalue weighted by molar-refractivity contribution is 6.13. The van der Waals surface area contributed by atoms with Gasteiger partial charge in [0, 0.05) is 49.7 Å². The van der Waals surface area contributed by atoms with Gasteiger partial charge in [0.2, 0.25) is 0 Å². The Bertz CT molecular complexity index is 3660. The third-order valence-electron chi connectivity index (χ3n) is 13.1. The van der Waals surface area contributed by atoms with Crippen LogP contribution in [0.25, 0.3) is 106 Å². The van der Waals surface area contributed by atoms with Gasteiger partial charge in [0.1, 0.15) is 0 Å². The zero-order valence-corrected chi connectivity index (χ0v) is 38.7. The van der Waals surface area contributed by atoms with E-state index in [1.807, 2.05) is 109 Å². The second-order valence-electron chi connectivity index (χ2n) is 17.7. The van der Waals surface area contributed by atoms with Crippen molar-refractivity contribution in [2.45, 2.75) is 27.7 Å². The Kier molecular flexibility index (Phi) is 10.8. The molecule has 0 spiro atoms. The molecule has 9 aromatic carbocycles. The lowest BCUT2D eigenvalue weighted by atomic mass is 9.89. The van der Waals surface area contributed by atoms with E-state index in [1.54, 1.807) is 0 Å². The maximum atomic E-state index is 10.8. The van der Waals surface area contributed by atoms with Gasteiger partial charge in [-0.1, -0.05) is 157 Å². The van der Waals surface area contributed by atoms with E-state index in [0.29, 0.717) is 34.2 Å². The molecular formula is C63H44N6. The molecule has 69 heavy (non-hydrogen) atoms. The molecule has 6 heteroatoms. The summed E-state index contributed by atoms with van der Waals surface area (Å²) in [7, 11) is 0. The van der Waals surface area contributed by atoms with Crippen LogP contribution in [0.15, 0.2) is 194 Å². The molecule has 0 radical (unpaired) electrons. The summed E-state index contributed by atoms with van der Waals surface area (Å²) in [6.45, 7) is 8.60. The molecule has 0 aliphatic heterocycles. The molecule has 0 atom stereocenters. The Balaban J connectivity index is 1.29. The average Bonchev–Trinajstić information content (AvgIpc) is 3.71.